The van der Waals surface area contributed by atoms with Crippen LogP contribution in [0.1, 0.15) is 13.3 Å². The van der Waals surface area contributed by atoms with Gasteiger partial charge in [0.2, 0.25) is 0 Å². The average Bonchev–Trinajstić information content (AvgIpc) is 2.23. The van der Waals surface area contributed by atoms with Crippen LogP contribution >= 0.6 is 0 Å². The van der Waals surface area contributed by atoms with Crippen molar-refractivity contribution in [3.05, 3.63) is 23.5 Å². The van der Waals surface area contributed by atoms with E-state index in [4.69, 9.17) is 10.5 Å². The molecule has 1 aliphatic carbocycles. The molecule has 1 saturated heterocycles. The van der Waals surface area contributed by atoms with Crippen molar-refractivity contribution < 1.29 is 9.53 Å². The number of allylic oxidation sites excluding steroid dienone is 4. The van der Waals surface area contributed by atoms with Crippen LogP contribution in [0.3, 0.4) is 0 Å². The minimum Gasteiger partial charge on any atom is -0.402 e. The van der Waals surface area contributed by atoms with Gasteiger partial charge in [0.15, 0.2) is 0 Å². The highest BCUT2D eigenvalue weighted by Gasteiger charge is 2.24. The van der Waals surface area contributed by atoms with Crippen molar-refractivity contribution in [2.75, 3.05) is 19.8 Å². The summed E-state index contributed by atoms with van der Waals surface area (Å²) in [6.07, 6.45) is 4.68. The van der Waals surface area contributed by atoms with Crippen LogP contribution in [0.5, 0.6) is 0 Å². The summed E-state index contributed by atoms with van der Waals surface area (Å²) in [7, 11) is 0. The maximum atomic E-state index is 11.6. The number of amides is 1. The molecule has 0 spiro atoms. The molecule has 4 nitrogen and oxygen atoms in total. The molecule has 2 N–H and O–H groups in total. The highest BCUT2D eigenvalue weighted by atomic mass is 16.5. The normalized spacial score (nSPS) is 27.4. The molecule has 1 amide bonds. The third kappa shape index (κ3) is 2.04. The van der Waals surface area contributed by atoms with Gasteiger partial charge in [0, 0.05) is 23.9 Å². The maximum Gasteiger partial charge on any atom is 0.252 e. The second-order valence-corrected chi connectivity index (χ2v) is 4.03. The molecule has 0 bridgehead atoms. The minimum atomic E-state index is 0.0496. The van der Waals surface area contributed by atoms with Gasteiger partial charge in [0.25, 0.3) is 5.91 Å². The fourth-order valence-electron chi connectivity index (χ4n) is 1.88. The number of carbonyl (C=O) groups is 1. The number of rotatable bonds is 1. The van der Waals surface area contributed by atoms with E-state index in [9.17, 15) is 4.79 Å². The number of morpholine rings is 1. The van der Waals surface area contributed by atoms with Crippen LogP contribution in [0.25, 0.3) is 0 Å². The topological polar surface area (TPSA) is 55.6 Å². The lowest BCUT2D eigenvalue weighted by Crippen LogP contribution is -2.41. The summed E-state index contributed by atoms with van der Waals surface area (Å²) in [5, 5.41) is 0. The summed E-state index contributed by atoms with van der Waals surface area (Å²) in [6, 6.07) is 0. The van der Waals surface area contributed by atoms with E-state index in [0.29, 0.717) is 19.1 Å². The third-order valence-corrected chi connectivity index (χ3v) is 2.89. The van der Waals surface area contributed by atoms with Crippen LogP contribution in [0.2, 0.25) is 0 Å². The van der Waals surface area contributed by atoms with Gasteiger partial charge in [-0.25, -0.2) is 0 Å². The quantitative estimate of drug-likeness (QED) is 0.687. The Bertz CT molecular complexity index is 333. The fourth-order valence-corrected chi connectivity index (χ4v) is 1.88. The average molecular weight is 208 g/mol. The van der Waals surface area contributed by atoms with Crippen molar-refractivity contribution in [3.63, 3.8) is 0 Å². The SMILES string of the molecule is CC1CC(N2CCOCC2=O)=CC=C1N. The zero-order chi connectivity index (χ0) is 10.8. The van der Waals surface area contributed by atoms with Crippen LogP contribution in [0.15, 0.2) is 23.5 Å². The van der Waals surface area contributed by atoms with E-state index in [1.165, 1.54) is 0 Å². The molecule has 0 aromatic carbocycles. The number of nitrogens with two attached hydrogens (primary N) is 1. The molecule has 1 unspecified atom stereocenters. The molecule has 1 heterocycles. The molecule has 15 heavy (non-hydrogen) atoms. The summed E-state index contributed by atoms with van der Waals surface area (Å²) in [5.41, 5.74) is 7.74. The monoisotopic (exact) mass is 208 g/mol. The second kappa shape index (κ2) is 4.06. The van der Waals surface area contributed by atoms with Gasteiger partial charge >= 0.3 is 0 Å². The molecule has 2 aliphatic rings. The van der Waals surface area contributed by atoms with Gasteiger partial charge in [0.1, 0.15) is 6.61 Å². The van der Waals surface area contributed by atoms with E-state index >= 15 is 0 Å². The van der Waals surface area contributed by atoms with E-state index in [2.05, 4.69) is 6.92 Å². The number of nitrogens with zero attached hydrogens (tertiary/aromatic N) is 1. The van der Waals surface area contributed by atoms with Crippen LogP contribution in [-0.2, 0) is 9.53 Å². The van der Waals surface area contributed by atoms with Crippen LogP contribution in [0, 0.1) is 5.92 Å². The Hall–Kier alpha value is -1.29. The summed E-state index contributed by atoms with van der Waals surface area (Å²) < 4.78 is 5.09. The lowest BCUT2D eigenvalue weighted by atomic mass is 9.96. The van der Waals surface area contributed by atoms with Crippen molar-refractivity contribution in [3.8, 4) is 0 Å². The van der Waals surface area contributed by atoms with Crippen molar-refractivity contribution in [1.82, 2.24) is 4.90 Å². The first-order valence-electron chi connectivity index (χ1n) is 5.23. The lowest BCUT2D eigenvalue weighted by molar-refractivity contribution is -0.140. The zero-order valence-electron chi connectivity index (χ0n) is 8.90. The van der Waals surface area contributed by atoms with Crippen molar-refractivity contribution in [2.24, 2.45) is 11.7 Å². The largest absolute Gasteiger partial charge is 0.402 e. The Morgan fingerprint density at radius 1 is 1.53 bits per heavy atom. The van der Waals surface area contributed by atoms with Crippen molar-refractivity contribution in [2.45, 2.75) is 13.3 Å². The first-order valence-corrected chi connectivity index (χ1v) is 5.23. The standard InChI is InChI=1S/C11H16N2O2/c1-8-6-9(2-3-10(8)12)13-4-5-15-7-11(13)14/h2-3,8H,4-7,12H2,1H3. The van der Waals surface area contributed by atoms with Gasteiger partial charge in [-0.15, -0.1) is 0 Å². The zero-order valence-corrected chi connectivity index (χ0v) is 8.90. The Morgan fingerprint density at radius 3 is 3.00 bits per heavy atom. The molecule has 0 aromatic heterocycles. The van der Waals surface area contributed by atoms with E-state index in [0.717, 1.165) is 17.8 Å². The second-order valence-electron chi connectivity index (χ2n) is 4.03. The third-order valence-electron chi connectivity index (χ3n) is 2.89. The van der Waals surface area contributed by atoms with Gasteiger partial charge in [-0.3, -0.25) is 4.79 Å². The molecule has 4 heteroatoms. The minimum absolute atomic E-state index is 0.0496. The van der Waals surface area contributed by atoms with Crippen molar-refractivity contribution in [1.29, 1.82) is 0 Å². The number of ether oxygens (including phenoxy) is 1. The first-order chi connectivity index (χ1) is 7.18. The van der Waals surface area contributed by atoms with Gasteiger partial charge in [0.05, 0.1) is 6.61 Å². The van der Waals surface area contributed by atoms with E-state index in [-0.39, 0.29) is 12.5 Å². The molecule has 2 rings (SSSR count). The fraction of sp³-hybridized carbons (Fsp3) is 0.545. The van der Waals surface area contributed by atoms with E-state index in [1.807, 2.05) is 17.1 Å². The van der Waals surface area contributed by atoms with Gasteiger partial charge in [-0.2, -0.15) is 0 Å². The van der Waals surface area contributed by atoms with Crippen LogP contribution < -0.4 is 5.73 Å². The molecule has 1 aliphatic heterocycles. The molecular weight excluding hydrogens is 192 g/mol. The number of hydrogen-bond donors (Lipinski definition) is 1. The summed E-state index contributed by atoms with van der Waals surface area (Å²) >= 11 is 0. The molecule has 82 valence electrons. The highest BCUT2D eigenvalue weighted by Crippen LogP contribution is 2.25. The van der Waals surface area contributed by atoms with Gasteiger partial charge < -0.3 is 15.4 Å². The maximum absolute atomic E-state index is 11.6. The Balaban J connectivity index is 2.14. The molecule has 1 fully saturated rings. The Labute approximate surface area is 89.4 Å². The summed E-state index contributed by atoms with van der Waals surface area (Å²) in [5.74, 6) is 0.370. The van der Waals surface area contributed by atoms with E-state index in [1.54, 1.807) is 0 Å². The van der Waals surface area contributed by atoms with Crippen LogP contribution in [0.4, 0.5) is 0 Å². The van der Waals surface area contributed by atoms with Crippen LogP contribution in [-0.4, -0.2) is 30.6 Å². The first kappa shape index (κ1) is 10.2. The molecule has 1 atom stereocenters. The molecule has 0 saturated carbocycles. The van der Waals surface area contributed by atoms with Crippen molar-refractivity contribution >= 4 is 5.91 Å². The van der Waals surface area contributed by atoms with E-state index < -0.39 is 0 Å². The smallest absolute Gasteiger partial charge is 0.252 e. The molecule has 0 aromatic rings. The number of carbonyl (C=O) groups excluding carboxylic acids is 1. The summed E-state index contributed by atoms with van der Waals surface area (Å²) in [6.45, 7) is 3.55. The predicted octanol–water partition coefficient (Wildman–Crippen LogP) is 0.612. The summed E-state index contributed by atoms with van der Waals surface area (Å²) in [4.78, 5) is 13.4. The predicted molar refractivity (Wildman–Crippen MR) is 56.7 cm³/mol. The number of hydrogen-bond acceptors (Lipinski definition) is 3. The Kier molecular flexibility index (Phi) is 2.77. The highest BCUT2D eigenvalue weighted by molar-refractivity contribution is 5.80. The molecular formula is C11H16N2O2. The van der Waals surface area contributed by atoms with Gasteiger partial charge in [-0.05, 0) is 18.6 Å². The Morgan fingerprint density at radius 2 is 2.33 bits per heavy atom. The molecule has 0 radical (unpaired) electrons. The lowest BCUT2D eigenvalue weighted by Gasteiger charge is -2.32. The van der Waals surface area contributed by atoms with Gasteiger partial charge in [-0.1, -0.05) is 6.92 Å².